The molecule has 0 aromatic heterocycles. The average Bonchev–Trinajstić information content (AvgIpc) is 2.19. The van der Waals surface area contributed by atoms with Gasteiger partial charge in [0, 0.05) is 25.2 Å². The fourth-order valence-corrected chi connectivity index (χ4v) is 0.316. The van der Waals surface area contributed by atoms with Crippen LogP contribution in [-0.4, -0.2) is 35.4 Å². The summed E-state index contributed by atoms with van der Waals surface area (Å²) in [6.07, 6.45) is 4.08. The first-order chi connectivity index (χ1) is 8.29. The standard InChI is InChI=1S/2C4H10O.2C2H4O2.Zr/c2*1-2-3-4-5;2*1-2(3)4;/h2*5H,2-4H2,1H3;2*1H3,(H,3,4);/q;;;;+2/p-2. The molecule has 0 aromatic rings. The van der Waals surface area contributed by atoms with Gasteiger partial charge in [0.2, 0.25) is 0 Å². The monoisotopic (exact) mass is 356 g/mol. The molecule has 19 heavy (non-hydrogen) atoms. The zero-order chi connectivity index (χ0) is 15.4. The van der Waals surface area contributed by atoms with Crippen LogP contribution >= 0.6 is 0 Å². The summed E-state index contributed by atoms with van der Waals surface area (Å²) in [6, 6.07) is 0. The number of carboxylic acids is 2. The minimum absolute atomic E-state index is 0. The second-order valence-electron chi connectivity index (χ2n) is 3.14. The molecule has 0 aliphatic heterocycles. The molecule has 0 bridgehead atoms. The Kier molecular flexibility index (Phi) is 59.3. The molecule has 0 rings (SSSR count). The second kappa shape index (κ2) is 36.1. The van der Waals surface area contributed by atoms with E-state index in [9.17, 15) is 0 Å². The summed E-state index contributed by atoms with van der Waals surface area (Å²) in [4.78, 5) is 17.8. The largest absolute Gasteiger partial charge is 2.00 e. The Balaban J connectivity index is -0.0000000453. The molecule has 0 amide bonds. The van der Waals surface area contributed by atoms with Crippen molar-refractivity contribution in [2.45, 2.75) is 53.4 Å². The van der Waals surface area contributed by atoms with Crippen molar-refractivity contribution in [2.75, 3.05) is 13.2 Å². The summed E-state index contributed by atoms with van der Waals surface area (Å²) in [5.74, 6) is -2.17. The van der Waals surface area contributed by atoms with Gasteiger partial charge in [-0.1, -0.05) is 26.7 Å². The SMILES string of the molecule is CC(=O)[O-].CC(=O)[O-].CCCCO.CCCCO.[Zr+2]. The van der Waals surface area contributed by atoms with Crippen LogP contribution in [0.3, 0.4) is 0 Å². The molecule has 0 saturated heterocycles. The van der Waals surface area contributed by atoms with E-state index in [-0.39, 0.29) is 26.2 Å². The maximum atomic E-state index is 8.89. The van der Waals surface area contributed by atoms with Crippen molar-refractivity contribution < 1.29 is 56.2 Å². The van der Waals surface area contributed by atoms with Crippen molar-refractivity contribution in [1.82, 2.24) is 0 Å². The molecule has 0 atom stereocenters. The predicted octanol–water partition coefficient (Wildman–Crippen LogP) is -0.932. The number of aliphatic hydroxyl groups excluding tert-OH is 2. The molecule has 0 aliphatic rings. The van der Waals surface area contributed by atoms with E-state index in [0.717, 1.165) is 39.5 Å². The van der Waals surface area contributed by atoms with E-state index in [1.807, 2.05) is 0 Å². The molecule has 114 valence electrons. The molecule has 0 fully saturated rings. The van der Waals surface area contributed by atoms with Gasteiger partial charge in [-0.2, -0.15) is 0 Å². The Morgan fingerprint density at radius 2 is 1.00 bits per heavy atom. The molecule has 0 heterocycles. The van der Waals surface area contributed by atoms with E-state index in [0.29, 0.717) is 13.2 Å². The fraction of sp³-hybridized carbons (Fsp3) is 0.833. The smallest absolute Gasteiger partial charge is 0.550 e. The number of unbranched alkanes of at least 4 members (excludes halogenated alkanes) is 2. The third kappa shape index (κ3) is 314. The number of hydrogen-bond donors (Lipinski definition) is 2. The van der Waals surface area contributed by atoms with Gasteiger partial charge < -0.3 is 30.0 Å². The number of carboxylic acid groups (broad SMARTS) is 2. The molecule has 7 heteroatoms. The van der Waals surface area contributed by atoms with Crippen LogP contribution in [0.2, 0.25) is 0 Å². The topological polar surface area (TPSA) is 121 Å². The van der Waals surface area contributed by atoms with Crippen molar-refractivity contribution in [3.8, 4) is 0 Å². The van der Waals surface area contributed by atoms with Crippen molar-refractivity contribution in [3.63, 3.8) is 0 Å². The number of carbonyl (C=O) groups is 2. The molecule has 6 nitrogen and oxygen atoms in total. The van der Waals surface area contributed by atoms with Crippen LogP contribution in [0.1, 0.15) is 53.4 Å². The van der Waals surface area contributed by atoms with Crippen LogP contribution < -0.4 is 10.2 Å². The van der Waals surface area contributed by atoms with Crippen LogP contribution in [0, 0.1) is 0 Å². The summed E-state index contributed by atoms with van der Waals surface area (Å²) in [5.41, 5.74) is 0. The molecule has 0 unspecified atom stereocenters. The van der Waals surface area contributed by atoms with Gasteiger partial charge in [0.25, 0.3) is 0 Å². The Morgan fingerprint density at radius 3 is 1.00 bits per heavy atom. The van der Waals surface area contributed by atoms with Gasteiger partial charge in [0.1, 0.15) is 0 Å². The molecule has 0 aromatic carbocycles. The summed E-state index contributed by atoms with van der Waals surface area (Å²) >= 11 is 0. The van der Waals surface area contributed by atoms with Gasteiger partial charge in [-0.25, -0.2) is 0 Å². The zero-order valence-corrected chi connectivity index (χ0v) is 14.7. The maximum absolute atomic E-state index is 8.89. The van der Waals surface area contributed by atoms with E-state index in [4.69, 9.17) is 30.0 Å². The molecule has 2 N–H and O–H groups in total. The van der Waals surface area contributed by atoms with Gasteiger partial charge in [-0.15, -0.1) is 0 Å². The second-order valence-corrected chi connectivity index (χ2v) is 3.14. The number of aliphatic hydroxyl groups is 2. The number of carbonyl (C=O) groups excluding carboxylic acids is 2. The normalized spacial score (nSPS) is 7.05. The van der Waals surface area contributed by atoms with Crippen LogP contribution in [-0.2, 0) is 35.8 Å². The predicted molar refractivity (Wildman–Crippen MR) is 65.3 cm³/mol. The Morgan fingerprint density at radius 1 is 0.842 bits per heavy atom. The van der Waals surface area contributed by atoms with E-state index in [1.165, 1.54) is 0 Å². The van der Waals surface area contributed by atoms with Crippen molar-refractivity contribution in [1.29, 1.82) is 0 Å². The minimum atomic E-state index is -1.08. The van der Waals surface area contributed by atoms with Gasteiger partial charge in [-0.05, 0) is 26.7 Å². The first kappa shape index (κ1) is 31.2. The van der Waals surface area contributed by atoms with Crippen molar-refractivity contribution in [2.24, 2.45) is 0 Å². The van der Waals surface area contributed by atoms with Gasteiger partial charge in [0.05, 0.1) is 0 Å². The maximum Gasteiger partial charge on any atom is 2.00 e. The molecule has 0 saturated carbocycles. The zero-order valence-electron chi connectivity index (χ0n) is 12.3. The van der Waals surface area contributed by atoms with Crippen LogP contribution in [0.4, 0.5) is 0 Å². The van der Waals surface area contributed by atoms with Crippen LogP contribution in [0.25, 0.3) is 0 Å². The van der Waals surface area contributed by atoms with Crippen LogP contribution in [0.15, 0.2) is 0 Å². The van der Waals surface area contributed by atoms with E-state index in [1.54, 1.807) is 0 Å². The van der Waals surface area contributed by atoms with Gasteiger partial charge in [0.15, 0.2) is 0 Å². The number of hydrogen-bond acceptors (Lipinski definition) is 6. The average molecular weight is 358 g/mol. The quantitative estimate of drug-likeness (QED) is 0.670. The van der Waals surface area contributed by atoms with Crippen molar-refractivity contribution >= 4 is 11.9 Å². The molecular weight excluding hydrogens is 331 g/mol. The number of aliphatic carboxylic acids is 2. The van der Waals surface area contributed by atoms with E-state index in [2.05, 4.69) is 13.8 Å². The Labute approximate surface area is 135 Å². The molecular formula is C12H26O6Zr. The van der Waals surface area contributed by atoms with E-state index >= 15 is 0 Å². The number of rotatable bonds is 4. The first-order valence-corrected chi connectivity index (χ1v) is 5.86. The van der Waals surface area contributed by atoms with E-state index < -0.39 is 11.9 Å². The summed E-state index contributed by atoms with van der Waals surface area (Å²) in [6.45, 7) is 6.74. The Hall–Kier alpha value is -0.257. The fourth-order valence-electron chi connectivity index (χ4n) is 0.316. The van der Waals surface area contributed by atoms with Gasteiger partial charge >= 0.3 is 26.2 Å². The summed E-state index contributed by atoms with van der Waals surface area (Å²) < 4.78 is 0. The molecule has 0 aliphatic carbocycles. The van der Waals surface area contributed by atoms with Crippen LogP contribution in [0.5, 0.6) is 0 Å². The van der Waals surface area contributed by atoms with Gasteiger partial charge in [-0.3, -0.25) is 0 Å². The third-order valence-corrected chi connectivity index (χ3v) is 1.02. The molecule has 0 radical (unpaired) electrons. The summed E-state index contributed by atoms with van der Waals surface area (Å²) in [7, 11) is 0. The van der Waals surface area contributed by atoms with Crippen molar-refractivity contribution in [3.05, 3.63) is 0 Å². The summed E-state index contributed by atoms with van der Waals surface area (Å²) in [5, 5.41) is 33.9. The molecule has 0 spiro atoms. The Bertz CT molecular complexity index is 134. The third-order valence-electron chi connectivity index (χ3n) is 1.02. The first-order valence-electron chi connectivity index (χ1n) is 5.86. The minimum Gasteiger partial charge on any atom is -0.550 e.